The first kappa shape index (κ1) is 40.0. The third kappa shape index (κ3) is 11.2. The van der Waals surface area contributed by atoms with Crippen LogP contribution in [-0.2, 0) is 23.9 Å². The molecule has 1 saturated heterocycles. The second kappa shape index (κ2) is 16.8. The normalized spacial score (nSPS) is 21.5. The van der Waals surface area contributed by atoms with E-state index < -0.39 is 72.1 Å². The molecule has 2 fully saturated rings. The molecule has 1 saturated carbocycles. The third-order valence-electron chi connectivity index (χ3n) is 9.48. The lowest BCUT2D eigenvalue weighted by atomic mass is 9.79. The molecule has 4 N–H and O–H groups in total. The molecular weight excluding hydrogens is 619 g/mol. The number of likely N-dealkylation sites (tertiary alicyclic amines) is 1. The molecule has 0 aromatic rings. The molecule has 1 aliphatic heterocycles. The van der Waals surface area contributed by atoms with Gasteiger partial charge in [0, 0.05) is 26.6 Å². The Labute approximate surface area is 276 Å². The topological polar surface area (TPSA) is 146 Å². The molecule has 47 heavy (non-hydrogen) atoms. The van der Waals surface area contributed by atoms with E-state index in [4.69, 9.17) is 4.74 Å². The highest BCUT2D eigenvalue weighted by Crippen LogP contribution is 2.42. The van der Waals surface area contributed by atoms with Crippen LogP contribution in [-0.4, -0.2) is 91.6 Å². The van der Waals surface area contributed by atoms with E-state index in [0.717, 1.165) is 12.8 Å². The summed E-state index contributed by atoms with van der Waals surface area (Å²) >= 11 is 0. The molecule has 1 heterocycles. The van der Waals surface area contributed by atoms with Gasteiger partial charge >= 0.3 is 12.2 Å². The number of ether oxygens (including phenoxy) is 1. The maximum absolute atomic E-state index is 14.5. The van der Waals surface area contributed by atoms with Gasteiger partial charge in [-0.25, -0.2) is 4.79 Å². The molecule has 1 aliphatic carbocycles. The summed E-state index contributed by atoms with van der Waals surface area (Å²) in [6.07, 6.45) is -2.12. The van der Waals surface area contributed by atoms with Crippen LogP contribution < -0.4 is 21.3 Å². The fourth-order valence-corrected chi connectivity index (χ4v) is 6.52. The summed E-state index contributed by atoms with van der Waals surface area (Å²) in [6, 6.07) is -4.82. The van der Waals surface area contributed by atoms with Crippen molar-refractivity contribution >= 4 is 29.5 Å². The molecule has 0 spiro atoms. The van der Waals surface area contributed by atoms with Crippen LogP contribution in [0.1, 0.15) is 86.5 Å². The van der Waals surface area contributed by atoms with Gasteiger partial charge in [-0.15, -0.1) is 6.58 Å². The Morgan fingerprint density at radius 1 is 1.04 bits per heavy atom. The number of amides is 5. The minimum atomic E-state index is -4.64. The van der Waals surface area contributed by atoms with Crippen molar-refractivity contribution in [3.8, 4) is 0 Å². The molecule has 0 aromatic carbocycles. The van der Waals surface area contributed by atoms with Crippen molar-refractivity contribution < 1.29 is 41.9 Å². The first-order valence-corrected chi connectivity index (χ1v) is 16.4. The van der Waals surface area contributed by atoms with Gasteiger partial charge in [0.25, 0.3) is 5.91 Å². The average Bonchev–Trinajstić information content (AvgIpc) is 3.62. The molecule has 0 bridgehead atoms. The van der Waals surface area contributed by atoms with Crippen molar-refractivity contribution in [2.45, 2.75) is 117 Å². The van der Waals surface area contributed by atoms with Crippen LogP contribution in [0.25, 0.3) is 0 Å². The average molecular weight is 674 g/mol. The van der Waals surface area contributed by atoms with Crippen LogP contribution >= 0.6 is 0 Å². The number of alkyl halides is 3. The van der Waals surface area contributed by atoms with Crippen molar-refractivity contribution in [2.24, 2.45) is 22.7 Å². The molecule has 0 aromatic heterocycles. The number of carbonyl (C=O) groups excluding carboxylic acids is 5. The minimum Gasteiger partial charge on any atom is -0.383 e. The Balaban J connectivity index is 2.42. The standard InChI is InChI=1S/C33H54F3N5O6/c1-9-17-37-28(44)25(42)22(12-16-33(34,35)36)38-27(43)24-21(20(2)3)13-18-41(24)29(45)26(32(7)14-10-11-15-32)40-30(46)39-23(19-47-8)31(4,5)6/h9,20-24,26H,1,10-19H2,2-8H3,(H,37,44)(H,38,43)(H2,39,40,46)/t21-,22?,23?,24?,26?/m1/s1. The van der Waals surface area contributed by atoms with Gasteiger partial charge < -0.3 is 30.9 Å². The molecule has 2 aliphatic rings. The summed E-state index contributed by atoms with van der Waals surface area (Å²) in [6.45, 7) is 15.3. The zero-order valence-electron chi connectivity index (χ0n) is 28.9. The Morgan fingerprint density at radius 2 is 1.66 bits per heavy atom. The van der Waals surface area contributed by atoms with Gasteiger partial charge in [0.15, 0.2) is 0 Å². The summed E-state index contributed by atoms with van der Waals surface area (Å²) in [4.78, 5) is 68.5. The van der Waals surface area contributed by atoms with Gasteiger partial charge in [-0.3, -0.25) is 19.2 Å². The maximum atomic E-state index is 14.5. The molecular formula is C33H54F3N5O6. The van der Waals surface area contributed by atoms with E-state index in [1.54, 1.807) is 0 Å². The quantitative estimate of drug-likeness (QED) is 0.154. The predicted molar refractivity (Wildman–Crippen MR) is 171 cm³/mol. The van der Waals surface area contributed by atoms with Crippen LogP contribution in [0, 0.1) is 22.7 Å². The van der Waals surface area contributed by atoms with Gasteiger partial charge in [0.1, 0.15) is 12.1 Å². The van der Waals surface area contributed by atoms with E-state index in [1.807, 2.05) is 41.5 Å². The molecule has 5 amide bonds. The minimum absolute atomic E-state index is 0.0897. The number of urea groups is 1. The molecule has 14 heteroatoms. The Hall–Kier alpha value is -3.16. The zero-order valence-corrected chi connectivity index (χ0v) is 28.9. The fourth-order valence-electron chi connectivity index (χ4n) is 6.52. The zero-order chi connectivity index (χ0) is 35.7. The SMILES string of the molecule is C=CCNC(=O)C(=O)C(CCC(F)(F)F)NC(=O)C1[C@@H](C(C)C)CCN1C(=O)C(NC(=O)NC(COC)C(C)(C)C)C1(C)CCCC1. The van der Waals surface area contributed by atoms with Crippen LogP contribution in [0.5, 0.6) is 0 Å². The molecule has 268 valence electrons. The summed E-state index contributed by atoms with van der Waals surface area (Å²) < 4.78 is 44.9. The fraction of sp³-hybridized carbons (Fsp3) is 0.788. The van der Waals surface area contributed by atoms with Crippen molar-refractivity contribution in [1.29, 1.82) is 0 Å². The van der Waals surface area contributed by atoms with Crippen LogP contribution in [0.15, 0.2) is 12.7 Å². The van der Waals surface area contributed by atoms with Crippen molar-refractivity contribution in [3.05, 3.63) is 12.7 Å². The highest BCUT2D eigenvalue weighted by molar-refractivity contribution is 6.38. The van der Waals surface area contributed by atoms with E-state index in [9.17, 15) is 37.1 Å². The molecule has 0 radical (unpaired) electrons. The van der Waals surface area contributed by atoms with Gasteiger partial charge in [-0.05, 0) is 48.3 Å². The lowest BCUT2D eigenvalue weighted by molar-refractivity contribution is -0.148. The van der Waals surface area contributed by atoms with E-state index in [-0.39, 0.29) is 43.0 Å². The number of ketones is 1. The molecule has 2 rings (SSSR count). The maximum Gasteiger partial charge on any atom is 0.389 e. The summed E-state index contributed by atoms with van der Waals surface area (Å²) in [5.74, 6) is -4.16. The molecule has 4 unspecified atom stereocenters. The smallest absolute Gasteiger partial charge is 0.383 e. The van der Waals surface area contributed by atoms with Gasteiger partial charge in [0.05, 0.1) is 18.7 Å². The number of Topliss-reactive ketones (excluding diaryl/α,β-unsaturated/α-hetero) is 1. The number of hydrogen-bond donors (Lipinski definition) is 4. The number of hydrogen-bond acceptors (Lipinski definition) is 6. The van der Waals surface area contributed by atoms with Crippen molar-refractivity contribution in [1.82, 2.24) is 26.2 Å². The highest BCUT2D eigenvalue weighted by atomic mass is 19.4. The summed E-state index contributed by atoms with van der Waals surface area (Å²) in [5, 5.41) is 10.5. The number of halogens is 3. The second-order valence-electron chi connectivity index (χ2n) is 14.5. The number of nitrogens with one attached hydrogen (secondary N) is 4. The molecule has 11 nitrogen and oxygen atoms in total. The highest BCUT2D eigenvalue weighted by Gasteiger charge is 2.50. The van der Waals surface area contributed by atoms with Gasteiger partial charge in [0.2, 0.25) is 17.6 Å². The summed E-state index contributed by atoms with van der Waals surface area (Å²) in [5.41, 5.74) is -0.965. The number of nitrogens with zero attached hydrogens (tertiary/aromatic N) is 1. The van der Waals surface area contributed by atoms with Crippen LogP contribution in [0.4, 0.5) is 18.0 Å². The molecule has 5 atom stereocenters. The lowest BCUT2D eigenvalue weighted by Crippen LogP contribution is -2.62. The Morgan fingerprint density at radius 3 is 2.17 bits per heavy atom. The Kier molecular flexibility index (Phi) is 14.3. The summed E-state index contributed by atoms with van der Waals surface area (Å²) in [7, 11) is 1.53. The monoisotopic (exact) mass is 673 g/mol. The van der Waals surface area contributed by atoms with Gasteiger partial charge in [-0.1, -0.05) is 60.5 Å². The first-order chi connectivity index (χ1) is 21.8. The van der Waals surface area contributed by atoms with Crippen molar-refractivity contribution in [2.75, 3.05) is 26.8 Å². The predicted octanol–water partition coefficient (Wildman–Crippen LogP) is 3.87. The van der Waals surface area contributed by atoms with Crippen LogP contribution in [0.3, 0.4) is 0 Å². The first-order valence-electron chi connectivity index (χ1n) is 16.4. The number of methoxy groups -OCH3 is 1. The van der Waals surface area contributed by atoms with Crippen LogP contribution in [0.2, 0.25) is 0 Å². The van der Waals surface area contributed by atoms with Crippen molar-refractivity contribution in [3.63, 3.8) is 0 Å². The van der Waals surface area contributed by atoms with E-state index in [0.29, 0.717) is 19.3 Å². The second-order valence-corrected chi connectivity index (χ2v) is 14.5. The third-order valence-corrected chi connectivity index (χ3v) is 9.48. The number of carbonyl (C=O) groups is 5. The van der Waals surface area contributed by atoms with E-state index in [1.165, 1.54) is 18.1 Å². The van der Waals surface area contributed by atoms with E-state index in [2.05, 4.69) is 27.8 Å². The Bertz CT molecular complexity index is 1130. The van der Waals surface area contributed by atoms with E-state index >= 15 is 0 Å². The number of rotatable bonds is 15. The largest absolute Gasteiger partial charge is 0.389 e. The van der Waals surface area contributed by atoms with Gasteiger partial charge in [-0.2, -0.15) is 13.2 Å². The lowest BCUT2D eigenvalue weighted by Gasteiger charge is -2.39.